The van der Waals surface area contributed by atoms with Crippen LogP contribution in [0.5, 0.6) is 0 Å². The van der Waals surface area contributed by atoms with E-state index in [0.29, 0.717) is 25.4 Å². The SMILES string of the molecule is O=C1CCC(=O)N1CCNC1CCSCC1. The van der Waals surface area contributed by atoms with Crippen LogP contribution in [-0.4, -0.2) is 47.4 Å². The largest absolute Gasteiger partial charge is 0.312 e. The fraction of sp³-hybridized carbons (Fsp3) is 0.818. The number of nitrogens with zero attached hydrogens (tertiary/aromatic N) is 1. The van der Waals surface area contributed by atoms with Crippen LogP contribution >= 0.6 is 11.8 Å². The Labute approximate surface area is 100 Å². The molecule has 0 saturated carbocycles. The molecule has 0 aromatic heterocycles. The third-order valence-electron chi connectivity index (χ3n) is 3.14. The summed E-state index contributed by atoms with van der Waals surface area (Å²) in [5, 5.41) is 3.43. The number of carbonyl (C=O) groups excluding carboxylic acids is 2. The van der Waals surface area contributed by atoms with Gasteiger partial charge in [0.15, 0.2) is 0 Å². The second kappa shape index (κ2) is 5.68. The van der Waals surface area contributed by atoms with Gasteiger partial charge in [-0.15, -0.1) is 0 Å². The molecule has 1 N–H and O–H groups in total. The summed E-state index contributed by atoms with van der Waals surface area (Å²) in [6, 6.07) is 0.578. The standard InChI is InChI=1S/C11H18N2O2S/c14-10-1-2-11(15)13(10)6-5-12-9-3-7-16-8-4-9/h9,12H,1-8H2. The lowest BCUT2D eigenvalue weighted by Gasteiger charge is -2.23. The molecule has 0 atom stereocenters. The van der Waals surface area contributed by atoms with E-state index in [-0.39, 0.29) is 11.8 Å². The van der Waals surface area contributed by atoms with Crippen LogP contribution in [-0.2, 0) is 9.59 Å². The summed E-state index contributed by atoms with van der Waals surface area (Å²) in [7, 11) is 0. The molecule has 0 spiro atoms. The lowest BCUT2D eigenvalue weighted by Crippen LogP contribution is -2.40. The molecule has 5 heteroatoms. The van der Waals surface area contributed by atoms with Crippen molar-refractivity contribution in [3.63, 3.8) is 0 Å². The first-order valence-electron chi connectivity index (χ1n) is 5.91. The van der Waals surface area contributed by atoms with Gasteiger partial charge in [-0.2, -0.15) is 11.8 Å². The van der Waals surface area contributed by atoms with Gasteiger partial charge in [-0.3, -0.25) is 14.5 Å². The quantitative estimate of drug-likeness (QED) is 0.734. The maximum Gasteiger partial charge on any atom is 0.229 e. The van der Waals surface area contributed by atoms with E-state index >= 15 is 0 Å². The molecule has 0 bridgehead atoms. The van der Waals surface area contributed by atoms with Crippen LogP contribution in [0.2, 0.25) is 0 Å². The third-order valence-corrected chi connectivity index (χ3v) is 4.19. The molecule has 0 aromatic rings. The highest BCUT2D eigenvalue weighted by atomic mass is 32.2. The molecule has 0 radical (unpaired) electrons. The number of imide groups is 1. The number of amides is 2. The first-order chi connectivity index (χ1) is 7.77. The summed E-state index contributed by atoms with van der Waals surface area (Å²) in [4.78, 5) is 24.1. The molecule has 2 heterocycles. The van der Waals surface area contributed by atoms with Crippen molar-refractivity contribution in [2.24, 2.45) is 0 Å². The Morgan fingerprint density at radius 3 is 2.44 bits per heavy atom. The van der Waals surface area contributed by atoms with Gasteiger partial charge in [-0.25, -0.2) is 0 Å². The van der Waals surface area contributed by atoms with E-state index < -0.39 is 0 Å². The van der Waals surface area contributed by atoms with Gasteiger partial charge in [0.1, 0.15) is 0 Å². The summed E-state index contributed by atoms with van der Waals surface area (Å²) in [5.41, 5.74) is 0. The number of carbonyl (C=O) groups is 2. The zero-order valence-corrected chi connectivity index (χ0v) is 10.2. The Morgan fingerprint density at radius 2 is 1.81 bits per heavy atom. The number of rotatable bonds is 4. The molecule has 2 aliphatic rings. The average molecular weight is 242 g/mol. The molecular formula is C11H18N2O2S. The predicted molar refractivity (Wildman–Crippen MR) is 64.3 cm³/mol. The molecule has 0 aliphatic carbocycles. The van der Waals surface area contributed by atoms with Crippen molar-refractivity contribution < 1.29 is 9.59 Å². The van der Waals surface area contributed by atoms with Gasteiger partial charge in [-0.1, -0.05) is 0 Å². The van der Waals surface area contributed by atoms with E-state index in [9.17, 15) is 9.59 Å². The van der Waals surface area contributed by atoms with Crippen molar-refractivity contribution >= 4 is 23.6 Å². The van der Waals surface area contributed by atoms with E-state index in [1.807, 2.05) is 11.8 Å². The Kier molecular flexibility index (Phi) is 4.23. The molecule has 0 unspecified atom stereocenters. The summed E-state index contributed by atoms with van der Waals surface area (Å²) < 4.78 is 0. The van der Waals surface area contributed by atoms with E-state index in [4.69, 9.17) is 0 Å². The van der Waals surface area contributed by atoms with Crippen LogP contribution in [0.1, 0.15) is 25.7 Å². The van der Waals surface area contributed by atoms with Crippen molar-refractivity contribution in [1.82, 2.24) is 10.2 Å². The number of thioether (sulfide) groups is 1. The molecule has 90 valence electrons. The summed E-state index contributed by atoms with van der Waals surface area (Å²) in [6.07, 6.45) is 3.21. The zero-order valence-electron chi connectivity index (χ0n) is 9.41. The fourth-order valence-electron chi connectivity index (χ4n) is 2.15. The monoisotopic (exact) mass is 242 g/mol. The van der Waals surface area contributed by atoms with Gasteiger partial charge >= 0.3 is 0 Å². The first kappa shape index (κ1) is 11.9. The molecule has 2 rings (SSSR count). The highest BCUT2D eigenvalue weighted by molar-refractivity contribution is 7.99. The van der Waals surface area contributed by atoms with Crippen molar-refractivity contribution in [1.29, 1.82) is 0 Å². The molecule has 16 heavy (non-hydrogen) atoms. The van der Waals surface area contributed by atoms with E-state index in [0.717, 1.165) is 6.54 Å². The van der Waals surface area contributed by atoms with Crippen LogP contribution in [0, 0.1) is 0 Å². The number of nitrogens with one attached hydrogen (secondary N) is 1. The Bertz CT molecular complexity index is 261. The van der Waals surface area contributed by atoms with Crippen LogP contribution in [0.25, 0.3) is 0 Å². The van der Waals surface area contributed by atoms with E-state index in [2.05, 4.69) is 5.32 Å². The number of likely N-dealkylation sites (tertiary alicyclic amines) is 1. The van der Waals surface area contributed by atoms with Gasteiger partial charge in [0.25, 0.3) is 0 Å². The predicted octanol–water partition coefficient (Wildman–Crippen LogP) is 0.621. The smallest absolute Gasteiger partial charge is 0.229 e. The molecule has 2 amide bonds. The normalized spacial score (nSPS) is 23.1. The Morgan fingerprint density at radius 1 is 1.19 bits per heavy atom. The topological polar surface area (TPSA) is 49.4 Å². The summed E-state index contributed by atoms with van der Waals surface area (Å²) in [6.45, 7) is 1.29. The lowest BCUT2D eigenvalue weighted by molar-refractivity contribution is -0.138. The van der Waals surface area contributed by atoms with Crippen LogP contribution in [0.4, 0.5) is 0 Å². The van der Waals surface area contributed by atoms with Crippen LogP contribution < -0.4 is 5.32 Å². The van der Waals surface area contributed by atoms with Gasteiger partial charge in [0, 0.05) is 32.0 Å². The summed E-state index contributed by atoms with van der Waals surface area (Å²) >= 11 is 2.00. The van der Waals surface area contributed by atoms with Crippen molar-refractivity contribution in [3.05, 3.63) is 0 Å². The first-order valence-corrected chi connectivity index (χ1v) is 7.07. The molecule has 2 fully saturated rings. The van der Waals surface area contributed by atoms with Crippen LogP contribution in [0.3, 0.4) is 0 Å². The van der Waals surface area contributed by atoms with Crippen molar-refractivity contribution in [2.75, 3.05) is 24.6 Å². The molecule has 0 aromatic carbocycles. The Balaban J connectivity index is 1.67. The van der Waals surface area contributed by atoms with E-state index in [1.165, 1.54) is 29.2 Å². The average Bonchev–Trinajstić information content (AvgIpc) is 2.62. The minimum Gasteiger partial charge on any atom is -0.312 e. The molecule has 2 aliphatic heterocycles. The maximum atomic E-state index is 11.3. The lowest BCUT2D eigenvalue weighted by atomic mass is 10.1. The summed E-state index contributed by atoms with van der Waals surface area (Å²) in [5.74, 6) is 2.43. The van der Waals surface area contributed by atoms with Crippen LogP contribution in [0.15, 0.2) is 0 Å². The number of hydrogen-bond donors (Lipinski definition) is 1. The molecule has 2 saturated heterocycles. The minimum absolute atomic E-state index is 0.00833. The molecule has 4 nitrogen and oxygen atoms in total. The second-order valence-corrected chi connectivity index (χ2v) is 5.50. The third kappa shape index (κ3) is 2.98. The van der Waals surface area contributed by atoms with E-state index in [1.54, 1.807) is 0 Å². The van der Waals surface area contributed by atoms with Gasteiger partial charge < -0.3 is 5.32 Å². The fourth-order valence-corrected chi connectivity index (χ4v) is 3.26. The number of hydrogen-bond acceptors (Lipinski definition) is 4. The maximum absolute atomic E-state index is 11.3. The van der Waals surface area contributed by atoms with Gasteiger partial charge in [-0.05, 0) is 24.3 Å². The highest BCUT2D eigenvalue weighted by Crippen LogP contribution is 2.17. The highest BCUT2D eigenvalue weighted by Gasteiger charge is 2.28. The van der Waals surface area contributed by atoms with Crippen molar-refractivity contribution in [2.45, 2.75) is 31.7 Å². The minimum atomic E-state index is -0.00833. The van der Waals surface area contributed by atoms with Gasteiger partial charge in [0.2, 0.25) is 11.8 Å². The van der Waals surface area contributed by atoms with Crippen molar-refractivity contribution in [3.8, 4) is 0 Å². The zero-order chi connectivity index (χ0) is 11.4. The second-order valence-electron chi connectivity index (χ2n) is 4.28. The Hall–Kier alpha value is -0.550. The van der Waals surface area contributed by atoms with Gasteiger partial charge in [0.05, 0.1) is 0 Å². The molecular weight excluding hydrogens is 224 g/mol.